The molecule has 0 radical (unpaired) electrons. The van der Waals surface area contributed by atoms with Crippen molar-refractivity contribution in [2.45, 2.75) is 19.1 Å². The highest BCUT2D eigenvalue weighted by molar-refractivity contribution is 9.10. The number of aliphatic hydroxyl groups excluding tert-OH is 1. The Labute approximate surface area is 105 Å². The summed E-state index contributed by atoms with van der Waals surface area (Å²) in [4.78, 5) is 2.08. The molecule has 1 aromatic rings. The van der Waals surface area contributed by atoms with Crippen molar-refractivity contribution in [3.8, 4) is 0 Å². The number of aliphatic hydroxyl groups is 1. The van der Waals surface area contributed by atoms with E-state index in [1.807, 2.05) is 18.8 Å². The molecule has 0 aliphatic heterocycles. The molecule has 1 unspecified atom stereocenters. The van der Waals surface area contributed by atoms with Crippen LogP contribution in [0.15, 0.2) is 23.3 Å². The molecule has 90 valence electrons. The molecular formula is C11H18BrN3O. The van der Waals surface area contributed by atoms with Crippen LogP contribution in [0.5, 0.6) is 0 Å². The molecule has 0 aliphatic rings. The molecule has 0 saturated heterocycles. The van der Waals surface area contributed by atoms with Crippen LogP contribution in [-0.2, 0) is 6.54 Å². The van der Waals surface area contributed by atoms with Crippen molar-refractivity contribution in [3.63, 3.8) is 0 Å². The summed E-state index contributed by atoms with van der Waals surface area (Å²) < 4.78 is 2.68. The van der Waals surface area contributed by atoms with E-state index in [0.29, 0.717) is 6.42 Å². The van der Waals surface area contributed by atoms with Crippen molar-refractivity contribution >= 4 is 15.9 Å². The van der Waals surface area contributed by atoms with Crippen LogP contribution in [0.3, 0.4) is 0 Å². The van der Waals surface area contributed by atoms with Crippen LogP contribution in [0.1, 0.15) is 18.2 Å². The second-order valence-corrected chi connectivity index (χ2v) is 4.80. The average Bonchev–Trinajstić information content (AvgIpc) is 2.57. The van der Waals surface area contributed by atoms with Crippen LogP contribution >= 0.6 is 15.9 Å². The quantitative estimate of drug-likeness (QED) is 0.812. The van der Waals surface area contributed by atoms with Gasteiger partial charge in [0.1, 0.15) is 6.10 Å². The Morgan fingerprint density at radius 3 is 2.94 bits per heavy atom. The molecule has 5 heteroatoms. The topological polar surface area (TPSA) is 41.3 Å². The van der Waals surface area contributed by atoms with Crippen LogP contribution in [0, 0.1) is 0 Å². The van der Waals surface area contributed by atoms with Crippen molar-refractivity contribution in [1.82, 2.24) is 14.7 Å². The maximum absolute atomic E-state index is 9.96. The summed E-state index contributed by atoms with van der Waals surface area (Å²) >= 11 is 3.40. The van der Waals surface area contributed by atoms with Crippen LogP contribution in [0.4, 0.5) is 0 Å². The first-order chi connectivity index (χ1) is 7.56. The molecule has 0 amide bonds. The minimum atomic E-state index is -0.545. The number of hydrogen-bond donors (Lipinski definition) is 1. The van der Waals surface area contributed by atoms with E-state index in [9.17, 15) is 5.11 Å². The van der Waals surface area contributed by atoms with Crippen molar-refractivity contribution in [2.24, 2.45) is 0 Å². The zero-order valence-corrected chi connectivity index (χ0v) is 11.3. The van der Waals surface area contributed by atoms with Gasteiger partial charge in [0.05, 0.1) is 22.9 Å². The third-order valence-electron chi connectivity index (χ3n) is 2.30. The number of rotatable bonds is 6. The number of aromatic nitrogens is 2. The number of likely N-dealkylation sites (N-methyl/N-ethyl adjacent to an activating group) is 1. The van der Waals surface area contributed by atoms with Crippen LogP contribution in [0.25, 0.3) is 0 Å². The van der Waals surface area contributed by atoms with E-state index in [2.05, 4.69) is 32.5 Å². The molecular weight excluding hydrogens is 270 g/mol. The molecule has 1 N–H and O–H groups in total. The van der Waals surface area contributed by atoms with E-state index in [4.69, 9.17) is 0 Å². The van der Waals surface area contributed by atoms with Gasteiger partial charge in [0.25, 0.3) is 0 Å². The third kappa shape index (κ3) is 3.43. The third-order valence-corrected chi connectivity index (χ3v) is 2.91. The van der Waals surface area contributed by atoms with Gasteiger partial charge in [-0.3, -0.25) is 4.68 Å². The average molecular weight is 288 g/mol. The van der Waals surface area contributed by atoms with Gasteiger partial charge in [0, 0.05) is 6.54 Å². The van der Waals surface area contributed by atoms with E-state index in [1.54, 1.807) is 12.3 Å². The lowest BCUT2D eigenvalue weighted by Crippen LogP contribution is -2.21. The smallest absolute Gasteiger partial charge is 0.100 e. The summed E-state index contributed by atoms with van der Waals surface area (Å²) in [6.45, 7) is 5.29. The van der Waals surface area contributed by atoms with Crippen molar-refractivity contribution in [3.05, 3.63) is 29.0 Å². The summed E-state index contributed by atoms with van der Waals surface area (Å²) in [7, 11) is 4.02. The molecule has 1 heterocycles. The van der Waals surface area contributed by atoms with Crippen molar-refractivity contribution < 1.29 is 5.11 Å². The summed E-state index contributed by atoms with van der Waals surface area (Å²) in [6, 6.07) is 0. The fraction of sp³-hybridized carbons (Fsp3) is 0.545. The molecule has 0 aromatic carbocycles. The molecule has 0 fully saturated rings. The van der Waals surface area contributed by atoms with E-state index >= 15 is 0 Å². The highest BCUT2D eigenvalue weighted by Gasteiger charge is 2.16. The van der Waals surface area contributed by atoms with E-state index in [-0.39, 0.29) is 0 Å². The van der Waals surface area contributed by atoms with Gasteiger partial charge in [-0.25, -0.2) is 0 Å². The fourth-order valence-electron chi connectivity index (χ4n) is 1.45. The Bertz CT molecular complexity index is 349. The van der Waals surface area contributed by atoms with E-state index < -0.39 is 6.10 Å². The molecule has 1 aromatic heterocycles. The second kappa shape index (κ2) is 6.18. The first-order valence-electron chi connectivity index (χ1n) is 5.21. The maximum atomic E-state index is 9.96. The zero-order chi connectivity index (χ0) is 12.1. The van der Waals surface area contributed by atoms with E-state index in [1.165, 1.54) is 0 Å². The molecule has 16 heavy (non-hydrogen) atoms. The first-order valence-corrected chi connectivity index (χ1v) is 6.00. The Hall–Kier alpha value is -0.650. The lowest BCUT2D eigenvalue weighted by atomic mass is 10.2. The summed E-state index contributed by atoms with van der Waals surface area (Å²) in [6.07, 6.45) is 3.42. The van der Waals surface area contributed by atoms with Crippen LogP contribution in [-0.4, -0.2) is 40.4 Å². The van der Waals surface area contributed by atoms with Gasteiger partial charge in [-0.1, -0.05) is 6.08 Å². The van der Waals surface area contributed by atoms with Crippen molar-refractivity contribution in [2.75, 3.05) is 20.6 Å². The minimum absolute atomic E-state index is 0.534. The number of nitrogens with zero attached hydrogens (tertiary/aromatic N) is 3. The maximum Gasteiger partial charge on any atom is 0.100 e. The van der Waals surface area contributed by atoms with Gasteiger partial charge in [0.2, 0.25) is 0 Å². The van der Waals surface area contributed by atoms with Crippen LogP contribution in [0.2, 0.25) is 0 Å². The Morgan fingerprint density at radius 1 is 1.69 bits per heavy atom. The largest absolute Gasteiger partial charge is 0.386 e. The van der Waals surface area contributed by atoms with Crippen LogP contribution < -0.4 is 0 Å². The summed E-state index contributed by atoms with van der Waals surface area (Å²) in [5.74, 6) is 0. The van der Waals surface area contributed by atoms with Gasteiger partial charge in [-0.2, -0.15) is 5.10 Å². The molecule has 0 saturated carbocycles. The lowest BCUT2D eigenvalue weighted by Gasteiger charge is -2.15. The van der Waals surface area contributed by atoms with Gasteiger partial charge < -0.3 is 10.0 Å². The number of hydrogen-bond acceptors (Lipinski definition) is 3. The van der Waals surface area contributed by atoms with Crippen molar-refractivity contribution in [1.29, 1.82) is 0 Å². The van der Waals surface area contributed by atoms with Gasteiger partial charge in [0.15, 0.2) is 0 Å². The monoisotopic (exact) mass is 287 g/mol. The number of halogens is 1. The summed E-state index contributed by atoms with van der Waals surface area (Å²) in [5.41, 5.74) is 0.821. The SMILES string of the molecule is C=CCC(O)c1c(Br)cnn1CCN(C)C. The zero-order valence-electron chi connectivity index (χ0n) is 9.73. The molecule has 0 bridgehead atoms. The fourth-order valence-corrected chi connectivity index (χ4v) is 2.01. The first kappa shape index (κ1) is 13.4. The lowest BCUT2D eigenvalue weighted by molar-refractivity contribution is 0.167. The standard InChI is InChI=1S/C11H18BrN3O/c1-4-5-10(16)11-9(12)8-13-15(11)7-6-14(2)3/h4,8,10,16H,1,5-7H2,2-3H3. The Morgan fingerprint density at radius 2 is 2.38 bits per heavy atom. The normalized spacial score (nSPS) is 13.1. The van der Waals surface area contributed by atoms with Gasteiger partial charge in [-0.15, -0.1) is 6.58 Å². The van der Waals surface area contributed by atoms with E-state index in [0.717, 1.165) is 23.3 Å². The molecule has 1 atom stereocenters. The minimum Gasteiger partial charge on any atom is -0.386 e. The highest BCUT2D eigenvalue weighted by atomic mass is 79.9. The Kier molecular flexibility index (Phi) is 5.18. The summed E-state index contributed by atoms with van der Waals surface area (Å²) in [5, 5.41) is 14.2. The Balaban J connectivity index is 2.80. The highest BCUT2D eigenvalue weighted by Crippen LogP contribution is 2.25. The second-order valence-electron chi connectivity index (χ2n) is 3.94. The predicted octanol–water partition coefficient (Wildman–Crippen LogP) is 1.82. The molecule has 0 spiro atoms. The molecule has 1 rings (SSSR count). The van der Waals surface area contributed by atoms with Gasteiger partial charge in [-0.05, 0) is 36.4 Å². The molecule has 0 aliphatic carbocycles. The molecule has 4 nitrogen and oxygen atoms in total. The predicted molar refractivity (Wildman–Crippen MR) is 68.3 cm³/mol. The van der Waals surface area contributed by atoms with Gasteiger partial charge >= 0.3 is 0 Å².